The smallest absolute Gasteiger partial charge is 0.257 e. The molecule has 1 aromatic heterocycles. The number of carbonyl (C=O) groups excluding carboxylic acids is 1. The normalized spacial score (nSPS) is 10.7. The summed E-state index contributed by atoms with van der Waals surface area (Å²) in [5, 5.41) is 7.72. The number of halogens is 2. The third kappa shape index (κ3) is 3.86. The zero-order valence-corrected chi connectivity index (χ0v) is 15.1. The molecule has 0 saturated carbocycles. The van der Waals surface area contributed by atoms with Gasteiger partial charge in [0.1, 0.15) is 17.0 Å². The Kier molecular flexibility index (Phi) is 5.41. The van der Waals surface area contributed by atoms with Gasteiger partial charge in [-0.25, -0.2) is 0 Å². The monoisotopic (exact) mass is 374 g/mol. The molecular formula is C19H16Cl2N2O2. The molecule has 6 heteroatoms. The van der Waals surface area contributed by atoms with Crippen molar-refractivity contribution in [2.45, 2.75) is 13.3 Å². The fourth-order valence-electron chi connectivity index (χ4n) is 2.59. The number of aryl methyl sites for hydroxylation is 1. The van der Waals surface area contributed by atoms with E-state index < -0.39 is 0 Å². The first kappa shape index (κ1) is 17.5. The summed E-state index contributed by atoms with van der Waals surface area (Å²) in [5.41, 5.74) is 2.35. The quantitative estimate of drug-likeness (QED) is 0.688. The van der Waals surface area contributed by atoms with Gasteiger partial charge in [-0.15, -0.1) is 0 Å². The van der Waals surface area contributed by atoms with E-state index in [1.165, 1.54) is 0 Å². The molecule has 1 amide bonds. The molecular weight excluding hydrogens is 359 g/mol. The van der Waals surface area contributed by atoms with E-state index in [-0.39, 0.29) is 5.91 Å². The molecule has 0 bridgehead atoms. The van der Waals surface area contributed by atoms with Gasteiger partial charge >= 0.3 is 0 Å². The molecule has 2 aromatic carbocycles. The summed E-state index contributed by atoms with van der Waals surface area (Å²) >= 11 is 12.5. The standard InChI is InChI=1S/C19H16Cl2N2O2/c1-12-16(19(24)22-11-10-13-6-3-2-4-7-13)18(23-25-12)17-14(20)8-5-9-15(17)21/h2-9H,10-11H2,1H3,(H,22,24). The predicted molar refractivity (Wildman–Crippen MR) is 99.2 cm³/mol. The van der Waals surface area contributed by atoms with Crippen LogP contribution in [0.5, 0.6) is 0 Å². The topological polar surface area (TPSA) is 55.1 Å². The maximum absolute atomic E-state index is 12.6. The molecule has 0 atom stereocenters. The van der Waals surface area contributed by atoms with Crippen molar-refractivity contribution in [2.75, 3.05) is 6.54 Å². The summed E-state index contributed by atoms with van der Waals surface area (Å²) in [6.07, 6.45) is 0.735. The number of hydrogen-bond donors (Lipinski definition) is 1. The van der Waals surface area contributed by atoms with Crippen molar-refractivity contribution in [3.05, 3.63) is 75.5 Å². The van der Waals surface area contributed by atoms with Gasteiger partial charge in [0.05, 0.1) is 10.0 Å². The summed E-state index contributed by atoms with van der Waals surface area (Å²) in [4.78, 5) is 12.6. The Balaban J connectivity index is 1.81. The fraction of sp³-hybridized carbons (Fsp3) is 0.158. The van der Waals surface area contributed by atoms with Crippen LogP contribution in [0.15, 0.2) is 53.1 Å². The molecule has 4 nitrogen and oxygen atoms in total. The van der Waals surface area contributed by atoms with Crippen LogP contribution in [0.3, 0.4) is 0 Å². The lowest BCUT2D eigenvalue weighted by Crippen LogP contribution is -2.26. The first-order valence-electron chi connectivity index (χ1n) is 7.80. The highest BCUT2D eigenvalue weighted by molar-refractivity contribution is 6.39. The van der Waals surface area contributed by atoms with Crippen LogP contribution in [0, 0.1) is 6.92 Å². The highest BCUT2D eigenvalue weighted by atomic mass is 35.5. The third-order valence-corrected chi connectivity index (χ3v) is 4.46. The summed E-state index contributed by atoms with van der Waals surface area (Å²) in [5.74, 6) is 0.156. The summed E-state index contributed by atoms with van der Waals surface area (Å²) in [7, 11) is 0. The molecule has 0 unspecified atom stereocenters. The molecule has 0 fully saturated rings. The maximum atomic E-state index is 12.6. The Hall–Kier alpha value is -2.30. The highest BCUT2D eigenvalue weighted by Crippen LogP contribution is 2.36. The third-order valence-electron chi connectivity index (χ3n) is 3.83. The first-order chi connectivity index (χ1) is 12.1. The van der Waals surface area contributed by atoms with Gasteiger partial charge in [-0.3, -0.25) is 4.79 Å². The van der Waals surface area contributed by atoms with E-state index in [4.69, 9.17) is 27.7 Å². The lowest BCUT2D eigenvalue weighted by atomic mass is 10.1. The van der Waals surface area contributed by atoms with E-state index in [9.17, 15) is 4.79 Å². The minimum Gasteiger partial charge on any atom is -0.360 e. The van der Waals surface area contributed by atoms with Gasteiger partial charge in [0.2, 0.25) is 0 Å². The molecule has 0 aliphatic carbocycles. The average Bonchev–Trinajstić information content (AvgIpc) is 2.97. The van der Waals surface area contributed by atoms with Gasteiger partial charge in [0.15, 0.2) is 0 Å². The molecule has 1 heterocycles. The molecule has 3 rings (SSSR count). The zero-order chi connectivity index (χ0) is 17.8. The van der Waals surface area contributed by atoms with Crippen LogP contribution in [-0.4, -0.2) is 17.6 Å². The lowest BCUT2D eigenvalue weighted by molar-refractivity contribution is 0.0953. The molecule has 0 aliphatic rings. The number of aromatic nitrogens is 1. The molecule has 0 radical (unpaired) electrons. The number of nitrogens with zero attached hydrogens (tertiary/aromatic N) is 1. The van der Waals surface area contributed by atoms with E-state index in [0.717, 1.165) is 12.0 Å². The summed E-state index contributed by atoms with van der Waals surface area (Å²) < 4.78 is 5.22. The van der Waals surface area contributed by atoms with Crippen LogP contribution in [-0.2, 0) is 6.42 Å². The number of nitrogens with one attached hydrogen (secondary N) is 1. The molecule has 128 valence electrons. The fourth-order valence-corrected chi connectivity index (χ4v) is 3.16. The lowest BCUT2D eigenvalue weighted by Gasteiger charge is -2.08. The van der Waals surface area contributed by atoms with Gasteiger partial charge in [-0.05, 0) is 31.0 Å². The molecule has 3 aromatic rings. The number of rotatable bonds is 5. The molecule has 0 aliphatic heterocycles. The van der Waals surface area contributed by atoms with Crippen LogP contribution in [0.4, 0.5) is 0 Å². The van der Waals surface area contributed by atoms with Crippen LogP contribution in [0.25, 0.3) is 11.3 Å². The van der Waals surface area contributed by atoms with E-state index in [1.54, 1.807) is 25.1 Å². The Morgan fingerprint density at radius 3 is 2.44 bits per heavy atom. The largest absolute Gasteiger partial charge is 0.360 e. The Morgan fingerprint density at radius 1 is 1.08 bits per heavy atom. The molecule has 25 heavy (non-hydrogen) atoms. The molecule has 0 spiro atoms. The van der Waals surface area contributed by atoms with Gasteiger partial charge in [-0.1, -0.05) is 64.8 Å². The van der Waals surface area contributed by atoms with Crippen molar-refractivity contribution in [2.24, 2.45) is 0 Å². The number of carbonyl (C=O) groups is 1. The second kappa shape index (κ2) is 7.72. The van der Waals surface area contributed by atoms with Crippen molar-refractivity contribution < 1.29 is 9.32 Å². The van der Waals surface area contributed by atoms with Gasteiger partial charge in [0.25, 0.3) is 5.91 Å². The van der Waals surface area contributed by atoms with Crippen molar-refractivity contribution in [3.63, 3.8) is 0 Å². The summed E-state index contributed by atoms with van der Waals surface area (Å²) in [6, 6.07) is 15.1. The van der Waals surface area contributed by atoms with E-state index in [1.807, 2.05) is 30.3 Å². The summed E-state index contributed by atoms with van der Waals surface area (Å²) in [6.45, 7) is 2.19. The Morgan fingerprint density at radius 2 is 1.76 bits per heavy atom. The van der Waals surface area contributed by atoms with Gasteiger partial charge < -0.3 is 9.84 Å². The van der Waals surface area contributed by atoms with Crippen LogP contribution < -0.4 is 5.32 Å². The van der Waals surface area contributed by atoms with E-state index in [2.05, 4.69) is 10.5 Å². The molecule has 1 N–H and O–H groups in total. The first-order valence-corrected chi connectivity index (χ1v) is 8.56. The van der Waals surface area contributed by atoms with Crippen LogP contribution in [0.2, 0.25) is 10.0 Å². The zero-order valence-electron chi connectivity index (χ0n) is 13.6. The van der Waals surface area contributed by atoms with E-state index in [0.29, 0.717) is 39.2 Å². The van der Waals surface area contributed by atoms with Crippen molar-refractivity contribution in [3.8, 4) is 11.3 Å². The number of amides is 1. The highest BCUT2D eigenvalue weighted by Gasteiger charge is 2.24. The van der Waals surface area contributed by atoms with Crippen LogP contribution >= 0.6 is 23.2 Å². The SMILES string of the molecule is Cc1onc(-c2c(Cl)cccc2Cl)c1C(=O)NCCc1ccccc1. The number of hydrogen-bond acceptors (Lipinski definition) is 3. The van der Waals surface area contributed by atoms with Gasteiger partial charge in [0, 0.05) is 12.1 Å². The van der Waals surface area contributed by atoms with Crippen LogP contribution in [0.1, 0.15) is 21.7 Å². The van der Waals surface area contributed by atoms with Gasteiger partial charge in [-0.2, -0.15) is 0 Å². The molecule has 0 saturated heterocycles. The second-order valence-corrected chi connectivity index (χ2v) is 6.36. The maximum Gasteiger partial charge on any atom is 0.257 e. The Labute approximate surface area is 155 Å². The van der Waals surface area contributed by atoms with Crippen molar-refractivity contribution in [1.29, 1.82) is 0 Å². The predicted octanol–water partition coefficient (Wildman–Crippen LogP) is 4.93. The number of benzene rings is 2. The Bertz CT molecular complexity index is 871. The van der Waals surface area contributed by atoms with E-state index >= 15 is 0 Å². The minimum absolute atomic E-state index is 0.263. The van der Waals surface area contributed by atoms with Crippen molar-refractivity contribution in [1.82, 2.24) is 10.5 Å². The minimum atomic E-state index is -0.263. The van der Waals surface area contributed by atoms with Crippen molar-refractivity contribution >= 4 is 29.1 Å². The average molecular weight is 375 g/mol. The second-order valence-electron chi connectivity index (χ2n) is 5.55.